The molecule has 6 aromatic carbocycles. The van der Waals surface area contributed by atoms with Crippen molar-refractivity contribution >= 4 is 35.4 Å². The normalized spacial score (nSPS) is 12.5. The number of nitrogens with zero attached hydrogens (tertiary/aromatic N) is 2. The van der Waals surface area contributed by atoms with E-state index in [2.05, 4.69) is 21.3 Å². The van der Waals surface area contributed by atoms with Crippen LogP contribution in [0.25, 0.3) is 0 Å². The number of rotatable bonds is 17. The molecule has 0 fully saturated rings. The Labute approximate surface area is 405 Å². The summed E-state index contributed by atoms with van der Waals surface area (Å²) in [5.41, 5.74) is 9.12. The molecule has 2 aliphatic heterocycles. The zero-order chi connectivity index (χ0) is 49.3. The number of hydrogen-bond acceptors (Lipinski definition) is 6. The largest absolute Gasteiger partial charge is 0.352 e. The Bertz CT molecular complexity index is 2740. The Balaban J connectivity index is 0.913. The van der Waals surface area contributed by atoms with Crippen LogP contribution in [0.1, 0.15) is 110 Å². The zero-order valence-corrected chi connectivity index (χ0v) is 39.1. The maximum Gasteiger partial charge on any atom is 0.252 e. The summed E-state index contributed by atoms with van der Waals surface area (Å²) in [5.74, 6) is -3.07. The van der Waals surface area contributed by atoms with Crippen LogP contribution in [-0.4, -0.2) is 58.3 Å². The van der Waals surface area contributed by atoms with Gasteiger partial charge in [-0.15, -0.1) is 0 Å². The lowest BCUT2D eigenvalue weighted by molar-refractivity contribution is -0.137. The molecule has 6 aromatic rings. The molecule has 2 aliphatic rings. The first-order valence-electron chi connectivity index (χ1n) is 23.4. The fraction of sp³-hybridized carbons (Fsp3) is 0.250. The minimum atomic E-state index is -0.461. The standard InChI is InChI=1S/C56H54F2N6O6/c1-35-3-7-39(8-4-35)29-61-55(69)49-27-43-33-63(31-41(43)25-47(49)53(67)59-23-21-37-11-15-45(57)16-12-37)51(65)19-20-52(66)64-32-42-26-48(54(68)60-24-22-38-13-17-46(58)18-14-38)50(28-44(42)34-64)56(70)62-30-40-9-5-36(2)6-10-40/h3-18,25-28H,19-24,29-34H2,1-2H3,(H,59,67)(H,60,68)(H,61,69)(H,62,70). The summed E-state index contributed by atoms with van der Waals surface area (Å²) in [6.45, 7) is 5.65. The van der Waals surface area contributed by atoms with E-state index < -0.39 is 23.6 Å². The molecule has 8 rings (SSSR count). The van der Waals surface area contributed by atoms with Gasteiger partial charge in [0.2, 0.25) is 11.8 Å². The lowest BCUT2D eigenvalue weighted by Crippen LogP contribution is -2.30. The average Bonchev–Trinajstić information content (AvgIpc) is 3.99. The first-order valence-corrected chi connectivity index (χ1v) is 23.4. The third-order valence-electron chi connectivity index (χ3n) is 12.7. The molecular formula is C56H54F2N6O6. The van der Waals surface area contributed by atoms with E-state index in [0.29, 0.717) is 35.1 Å². The van der Waals surface area contributed by atoms with Crippen molar-refractivity contribution in [1.82, 2.24) is 31.1 Å². The van der Waals surface area contributed by atoms with Crippen LogP contribution in [0.15, 0.2) is 121 Å². The smallest absolute Gasteiger partial charge is 0.252 e. The summed E-state index contributed by atoms with van der Waals surface area (Å²) in [4.78, 5) is 85.6. The van der Waals surface area contributed by atoms with Crippen molar-refractivity contribution in [2.45, 2.75) is 78.8 Å². The van der Waals surface area contributed by atoms with E-state index in [1.54, 1.807) is 58.3 Å². The molecule has 2 heterocycles. The highest BCUT2D eigenvalue weighted by Crippen LogP contribution is 2.30. The lowest BCUT2D eigenvalue weighted by atomic mass is 9.98. The van der Waals surface area contributed by atoms with Gasteiger partial charge in [-0.1, -0.05) is 83.9 Å². The van der Waals surface area contributed by atoms with Crippen LogP contribution in [-0.2, 0) is 61.7 Å². The zero-order valence-electron chi connectivity index (χ0n) is 39.1. The molecule has 0 bridgehead atoms. The number of amides is 6. The molecule has 358 valence electrons. The number of hydrogen-bond donors (Lipinski definition) is 4. The maximum atomic E-state index is 13.7. The average molecular weight is 945 g/mol. The number of aryl methyl sites for hydroxylation is 2. The molecule has 0 aliphatic carbocycles. The van der Waals surface area contributed by atoms with Crippen molar-refractivity contribution < 1.29 is 37.5 Å². The summed E-state index contributed by atoms with van der Waals surface area (Å²) in [5, 5.41) is 11.6. The van der Waals surface area contributed by atoms with E-state index in [4.69, 9.17) is 0 Å². The van der Waals surface area contributed by atoms with E-state index in [9.17, 15) is 37.5 Å². The van der Waals surface area contributed by atoms with Gasteiger partial charge >= 0.3 is 0 Å². The van der Waals surface area contributed by atoms with Crippen LogP contribution >= 0.6 is 0 Å². The Kier molecular flexibility index (Phi) is 15.2. The van der Waals surface area contributed by atoms with Gasteiger partial charge in [-0.05, 0) is 120 Å². The Morgan fingerprint density at radius 1 is 0.414 bits per heavy atom. The molecular weight excluding hydrogens is 891 g/mol. The van der Waals surface area contributed by atoms with E-state index in [1.165, 1.54) is 24.3 Å². The summed E-state index contributed by atoms with van der Waals surface area (Å²) in [7, 11) is 0. The van der Waals surface area contributed by atoms with Crippen molar-refractivity contribution in [3.05, 3.63) is 211 Å². The Morgan fingerprint density at radius 3 is 1.01 bits per heavy atom. The van der Waals surface area contributed by atoms with Crippen molar-refractivity contribution in [2.24, 2.45) is 0 Å². The number of carbonyl (C=O) groups excluding carboxylic acids is 6. The third-order valence-corrected chi connectivity index (χ3v) is 12.7. The predicted molar refractivity (Wildman–Crippen MR) is 260 cm³/mol. The van der Waals surface area contributed by atoms with E-state index in [1.807, 2.05) is 62.4 Å². The molecule has 12 nitrogen and oxygen atoms in total. The van der Waals surface area contributed by atoms with E-state index in [0.717, 1.165) is 33.4 Å². The number of fused-ring (bicyclic) bond motifs is 2. The fourth-order valence-electron chi connectivity index (χ4n) is 8.64. The second-order valence-corrected chi connectivity index (χ2v) is 17.9. The Hall–Kier alpha value is -8.00. The predicted octanol–water partition coefficient (Wildman–Crippen LogP) is 7.55. The molecule has 6 amide bonds. The summed E-state index contributed by atoms with van der Waals surface area (Å²) < 4.78 is 26.9. The van der Waals surface area contributed by atoms with Crippen LogP contribution in [0.5, 0.6) is 0 Å². The number of halogens is 2. The van der Waals surface area contributed by atoms with Gasteiger partial charge in [0.1, 0.15) is 11.6 Å². The minimum absolute atomic E-state index is 0.0886. The van der Waals surface area contributed by atoms with Gasteiger partial charge in [0.15, 0.2) is 0 Å². The highest BCUT2D eigenvalue weighted by Gasteiger charge is 2.31. The van der Waals surface area contributed by atoms with Crippen molar-refractivity contribution in [2.75, 3.05) is 13.1 Å². The van der Waals surface area contributed by atoms with Gasteiger partial charge in [0.05, 0.1) is 22.3 Å². The molecule has 70 heavy (non-hydrogen) atoms. The van der Waals surface area contributed by atoms with Crippen LogP contribution in [0.2, 0.25) is 0 Å². The molecule has 4 N–H and O–H groups in total. The molecule has 0 unspecified atom stereocenters. The maximum absolute atomic E-state index is 13.7. The molecule has 0 radical (unpaired) electrons. The van der Waals surface area contributed by atoms with Gasteiger partial charge < -0.3 is 31.1 Å². The summed E-state index contributed by atoms with van der Waals surface area (Å²) in [6.07, 6.45) is 0.717. The van der Waals surface area contributed by atoms with Crippen LogP contribution in [0.3, 0.4) is 0 Å². The highest BCUT2D eigenvalue weighted by molar-refractivity contribution is 6.08. The summed E-state index contributed by atoms with van der Waals surface area (Å²) in [6, 6.07) is 34.1. The highest BCUT2D eigenvalue weighted by atomic mass is 19.1. The van der Waals surface area contributed by atoms with Gasteiger partial charge in [-0.3, -0.25) is 28.8 Å². The molecule has 14 heteroatoms. The SMILES string of the molecule is Cc1ccc(CNC(=O)c2cc3c(cc2C(=O)NCCc2ccc(F)cc2)CN(C(=O)CCC(=O)N2Cc4cc(C(=O)NCCc5ccc(F)cc5)c(C(=O)NCc5ccc(C)cc5)cc4C2)C3)cc1. The second kappa shape index (κ2) is 22.0. The van der Waals surface area contributed by atoms with Crippen molar-refractivity contribution in [3.8, 4) is 0 Å². The Morgan fingerprint density at radius 2 is 0.700 bits per heavy atom. The van der Waals surface area contributed by atoms with Gasteiger partial charge in [-0.2, -0.15) is 0 Å². The number of carbonyl (C=O) groups is 6. The molecule has 0 spiro atoms. The first kappa shape index (κ1) is 48.5. The molecule has 0 aromatic heterocycles. The van der Waals surface area contributed by atoms with Gasteiger partial charge in [-0.25, -0.2) is 8.78 Å². The number of nitrogens with one attached hydrogen (secondary N) is 4. The quantitative estimate of drug-likeness (QED) is 0.0740. The van der Waals surface area contributed by atoms with E-state index >= 15 is 0 Å². The first-order chi connectivity index (χ1) is 33.8. The minimum Gasteiger partial charge on any atom is -0.352 e. The molecule has 0 atom stereocenters. The van der Waals surface area contributed by atoms with Gasteiger partial charge in [0, 0.05) is 65.2 Å². The number of benzene rings is 6. The molecule has 0 saturated carbocycles. The molecule has 0 saturated heterocycles. The van der Waals surface area contributed by atoms with Crippen LogP contribution in [0.4, 0.5) is 8.78 Å². The van der Waals surface area contributed by atoms with Gasteiger partial charge in [0.25, 0.3) is 23.6 Å². The lowest BCUT2D eigenvalue weighted by Gasteiger charge is -2.18. The van der Waals surface area contributed by atoms with Crippen LogP contribution < -0.4 is 21.3 Å². The third kappa shape index (κ3) is 12.2. The van der Waals surface area contributed by atoms with Crippen molar-refractivity contribution in [1.29, 1.82) is 0 Å². The summed E-state index contributed by atoms with van der Waals surface area (Å²) >= 11 is 0. The van der Waals surface area contributed by atoms with E-state index in [-0.39, 0.29) is 111 Å². The second-order valence-electron chi connectivity index (χ2n) is 17.9. The fourth-order valence-corrected chi connectivity index (χ4v) is 8.64. The van der Waals surface area contributed by atoms with Crippen molar-refractivity contribution in [3.63, 3.8) is 0 Å². The topological polar surface area (TPSA) is 157 Å². The van der Waals surface area contributed by atoms with Crippen LogP contribution in [0, 0.1) is 25.5 Å². The monoisotopic (exact) mass is 944 g/mol.